The van der Waals surface area contributed by atoms with Crippen molar-refractivity contribution in [3.8, 4) is 0 Å². The minimum Gasteiger partial charge on any atom is -0.383 e. The van der Waals surface area contributed by atoms with E-state index in [4.69, 9.17) is 17.0 Å². The van der Waals surface area contributed by atoms with Gasteiger partial charge in [-0.2, -0.15) is 0 Å². The highest BCUT2D eigenvalue weighted by molar-refractivity contribution is 7.80. The smallest absolute Gasteiger partial charge is 0.169 e. The summed E-state index contributed by atoms with van der Waals surface area (Å²) in [6.45, 7) is 2.49. The Balaban J connectivity index is 1.55. The predicted octanol–water partition coefficient (Wildman–Crippen LogP) is 3.27. The molecule has 5 nitrogen and oxygen atoms in total. The minimum absolute atomic E-state index is 0.242. The Kier molecular flexibility index (Phi) is 6.73. The van der Waals surface area contributed by atoms with Gasteiger partial charge in [-0.1, -0.05) is 24.3 Å². The van der Waals surface area contributed by atoms with Gasteiger partial charge in [-0.25, -0.2) is 9.37 Å². The number of imidazole rings is 1. The van der Waals surface area contributed by atoms with Gasteiger partial charge in [-0.05, 0) is 42.0 Å². The Labute approximate surface area is 163 Å². The first-order valence-electron chi connectivity index (χ1n) is 8.85. The molecule has 0 unspecified atom stereocenters. The molecule has 0 bridgehead atoms. The van der Waals surface area contributed by atoms with Gasteiger partial charge in [0.05, 0.1) is 17.6 Å². The lowest BCUT2D eigenvalue weighted by molar-refractivity contribution is 0.174. The fourth-order valence-electron chi connectivity index (χ4n) is 2.79. The van der Waals surface area contributed by atoms with Gasteiger partial charge in [0, 0.05) is 33.2 Å². The van der Waals surface area contributed by atoms with Gasteiger partial charge < -0.3 is 19.9 Å². The zero-order valence-corrected chi connectivity index (χ0v) is 16.1. The number of ether oxygens (including phenoxy) is 1. The minimum atomic E-state index is -0.242. The Morgan fingerprint density at radius 3 is 2.74 bits per heavy atom. The number of nitrogens with one attached hydrogen (secondary N) is 2. The molecule has 2 N–H and O–H groups in total. The van der Waals surface area contributed by atoms with Crippen molar-refractivity contribution in [1.29, 1.82) is 0 Å². The van der Waals surface area contributed by atoms with Gasteiger partial charge in [0.25, 0.3) is 0 Å². The Hall–Kier alpha value is -2.51. The maximum Gasteiger partial charge on any atom is 0.169 e. The number of thiocarbonyl (C=S) groups is 1. The van der Waals surface area contributed by atoms with Crippen molar-refractivity contribution in [2.45, 2.75) is 13.0 Å². The van der Waals surface area contributed by atoms with Crippen LogP contribution in [-0.4, -0.2) is 46.8 Å². The highest BCUT2D eigenvalue weighted by Crippen LogP contribution is 2.10. The summed E-state index contributed by atoms with van der Waals surface area (Å²) in [6.07, 6.45) is 0.740. The number of benzene rings is 2. The topological polar surface area (TPSA) is 53.2 Å². The maximum absolute atomic E-state index is 13.1. The largest absolute Gasteiger partial charge is 0.383 e. The number of hydrogen-bond donors (Lipinski definition) is 2. The number of aromatic amines is 1. The summed E-state index contributed by atoms with van der Waals surface area (Å²) >= 11 is 5.55. The number of halogens is 1. The average Bonchev–Trinajstić information content (AvgIpc) is 3.09. The number of hydrogen-bond acceptors (Lipinski definition) is 3. The molecule has 7 heteroatoms. The molecule has 0 saturated carbocycles. The van der Waals surface area contributed by atoms with Gasteiger partial charge in [0.2, 0.25) is 0 Å². The van der Waals surface area contributed by atoms with Crippen LogP contribution in [0.5, 0.6) is 0 Å². The van der Waals surface area contributed by atoms with Crippen LogP contribution in [0.25, 0.3) is 11.0 Å². The van der Waals surface area contributed by atoms with Crippen molar-refractivity contribution >= 4 is 28.4 Å². The van der Waals surface area contributed by atoms with Crippen molar-refractivity contribution in [1.82, 2.24) is 20.2 Å². The van der Waals surface area contributed by atoms with E-state index >= 15 is 0 Å². The van der Waals surface area contributed by atoms with Crippen LogP contribution in [0.1, 0.15) is 11.4 Å². The van der Waals surface area contributed by atoms with E-state index in [1.54, 1.807) is 19.2 Å². The van der Waals surface area contributed by atoms with E-state index in [-0.39, 0.29) is 5.82 Å². The lowest BCUT2D eigenvalue weighted by Crippen LogP contribution is -2.41. The Morgan fingerprint density at radius 2 is 2.00 bits per heavy atom. The lowest BCUT2D eigenvalue weighted by Gasteiger charge is -2.25. The van der Waals surface area contributed by atoms with Crippen molar-refractivity contribution in [3.05, 3.63) is 65.7 Å². The highest BCUT2D eigenvalue weighted by atomic mass is 32.1. The number of para-hydroxylation sites is 2. The third-order valence-electron chi connectivity index (χ3n) is 4.22. The van der Waals surface area contributed by atoms with E-state index < -0.39 is 0 Å². The Morgan fingerprint density at radius 1 is 1.22 bits per heavy atom. The van der Waals surface area contributed by atoms with E-state index in [0.717, 1.165) is 28.8 Å². The van der Waals surface area contributed by atoms with Crippen LogP contribution < -0.4 is 5.32 Å². The van der Waals surface area contributed by atoms with Crippen LogP contribution in [0, 0.1) is 5.82 Å². The van der Waals surface area contributed by atoms with Crippen LogP contribution in [0.15, 0.2) is 48.5 Å². The second-order valence-electron chi connectivity index (χ2n) is 6.22. The highest BCUT2D eigenvalue weighted by Gasteiger charge is 2.11. The number of rotatable bonds is 8. The summed E-state index contributed by atoms with van der Waals surface area (Å²) in [5.74, 6) is 0.683. The molecule has 0 radical (unpaired) electrons. The molecule has 0 saturated heterocycles. The molecular weight excluding hydrogens is 363 g/mol. The number of fused-ring (bicyclic) bond motifs is 1. The van der Waals surface area contributed by atoms with Crippen molar-refractivity contribution in [3.63, 3.8) is 0 Å². The van der Waals surface area contributed by atoms with E-state index in [0.29, 0.717) is 31.4 Å². The van der Waals surface area contributed by atoms with Gasteiger partial charge in [0.1, 0.15) is 11.6 Å². The van der Waals surface area contributed by atoms with Gasteiger partial charge in [-0.3, -0.25) is 0 Å². The third-order valence-corrected chi connectivity index (χ3v) is 4.62. The molecule has 142 valence electrons. The summed E-state index contributed by atoms with van der Waals surface area (Å²) < 4.78 is 18.3. The average molecular weight is 386 g/mol. The number of aromatic nitrogens is 2. The monoisotopic (exact) mass is 386 g/mol. The van der Waals surface area contributed by atoms with Crippen molar-refractivity contribution < 1.29 is 9.13 Å². The summed E-state index contributed by atoms with van der Waals surface area (Å²) in [5, 5.41) is 3.93. The maximum atomic E-state index is 13.1. The fourth-order valence-corrected chi connectivity index (χ4v) is 3.05. The van der Waals surface area contributed by atoms with Crippen molar-refractivity contribution in [2.75, 3.05) is 26.8 Å². The molecule has 1 heterocycles. The van der Waals surface area contributed by atoms with Crippen LogP contribution in [-0.2, 0) is 17.7 Å². The third kappa shape index (κ3) is 5.48. The summed E-state index contributed by atoms with van der Waals surface area (Å²) in [5.41, 5.74) is 3.00. The zero-order valence-electron chi connectivity index (χ0n) is 15.2. The Bertz CT molecular complexity index is 848. The van der Waals surface area contributed by atoms with E-state index in [2.05, 4.69) is 15.3 Å². The molecule has 0 fully saturated rings. The van der Waals surface area contributed by atoms with Gasteiger partial charge in [-0.15, -0.1) is 0 Å². The molecule has 0 atom stereocenters. The second kappa shape index (κ2) is 9.43. The summed E-state index contributed by atoms with van der Waals surface area (Å²) in [7, 11) is 1.66. The molecule has 0 aliphatic heterocycles. The molecule has 0 aliphatic rings. The summed E-state index contributed by atoms with van der Waals surface area (Å²) in [6, 6.07) is 14.4. The normalized spacial score (nSPS) is 10.9. The number of methoxy groups -OCH3 is 1. The molecule has 2 aromatic carbocycles. The fraction of sp³-hybridized carbons (Fsp3) is 0.300. The van der Waals surface area contributed by atoms with Gasteiger partial charge in [0.15, 0.2) is 5.11 Å². The SMILES string of the molecule is COCCN(Cc1ccc(F)cc1)C(=S)NCCc1nc2ccccc2[nH]1. The predicted molar refractivity (Wildman–Crippen MR) is 109 cm³/mol. The first-order valence-corrected chi connectivity index (χ1v) is 9.26. The second-order valence-corrected chi connectivity index (χ2v) is 6.61. The quantitative estimate of drug-likeness (QED) is 0.582. The molecule has 1 aromatic heterocycles. The first kappa shape index (κ1) is 19.3. The number of H-pyrrole nitrogens is 1. The van der Waals surface area contributed by atoms with Crippen LogP contribution in [0.4, 0.5) is 4.39 Å². The molecule has 0 aliphatic carbocycles. The molecule has 3 rings (SSSR count). The van der Waals surface area contributed by atoms with E-state index in [1.807, 2.05) is 29.2 Å². The molecule has 3 aromatic rings. The van der Waals surface area contributed by atoms with Crippen LogP contribution in [0.3, 0.4) is 0 Å². The van der Waals surface area contributed by atoms with Gasteiger partial charge >= 0.3 is 0 Å². The molecule has 0 amide bonds. The standard InChI is InChI=1S/C20H23FN4OS/c1-26-13-12-25(14-15-6-8-16(21)9-7-15)20(27)22-11-10-19-23-17-4-2-3-5-18(17)24-19/h2-9H,10-14H2,1H3,(H,22,27)(H,23,24). The summed E-state index contributed by atoms with van der Waals surface area (Å²) in [4.78, 5) is 9.91. The molecule has 27 heavy (non-hydrogen) atoms. The van der Waals surface area contributed by atoms with Crippen LogP contribution in [0.2, 0.25) is 0 Å². The van der Waals surface area contributed by atoms with E-state index in [9.17, 15) is 4.39 Å². The lowest BCUT2D eigenvalue weighted by atomic mass is 10.2. The molecular formula is C20H23FN4OS. The number of nitrogens with zero attached hydrogens (tertiary/aromatic N) is 2. The molecule has 0 spiro atoms. The van der Waals surface area contributed by atoms with Crippen LogP contribution >= 0.6 is 12.2 Å². The zero-order chi connectivity index (χ0) is 19.1. The first-order chi connectivity index (χ1) is 13.2. The van der Waals surface area contributed by atoms with E-state index in [1.165, 1.54) is 12.1 Å². The van der Waals surface area contributed by atoms with Crippen molar-refractivity contribution in [2.24, 2.45) is 0 Å².